The molecule has 0 radical (unpaired) electrons. The second-order valence-electron chi connectivity index (χ2n) is 8.05. The number of Topliss-reactive ketones (excluding diaryl/α,β-unsaturated/α-hetero) is 1. The van der Waals surface area contributed by atoms with Gasteiger partial charge in [-0.05, 0) is 49.2 Å². The van der Waals surface area contributed by atoms with Crippen molar-refractivity contribution < 1.29 is 14.7 Å². The molecular weight excluding hydrogens is 420 g/mol. The minimum atomic E-state index is -0.515. The predicted octanol–water partition coefficient (Wildman–Crippen LogP) is 3.58. The number of nitrogens with one attached hydrogen (secondary N) is 2. The van der Waals surface area contributed by atoms with Crippen LogP contribution < -0.4 is 5.69 Å². The number of carbonyl (C=O) groups is 2. The van der Waals surface area contributed by atoms with Gasteiger partial charge in [0, 0.05) is 37.6 Å². The van der Waals surface area contributed by atoms with E-state index in [1.807, 2.05) is 0 Å². The van der Waals surface area contributed by atoms with Gasteiger partial charge < -0.3 is 20.4 Å². The molecule has 0 fully saturated rings. The summed E-state index contributed by atoms with van der Waals surface area (Å²) < 4.78 is 0. The quantitative estimate of drug-likeness (QED) is 0.378. The number of hydrogen-bond acceptors (Lipinski definition) is 6. The Morgan fingerprint density at radius 1 is 1.12 bits per heavy atom. The Morgan fingerprint density at radius 3 is 2.36 bits per heavy atom. The van der Waals surface area contributed by atoms with Crippen molar-refractivity contribution in [3.8, 4) is 28.3 Å². The zero-order valence-electron chi connectivity index (χ0n) is 19.0. The molecule has 0 spiro atoms. The largest absolute Gasteiger partial charge is 0.508 e. The van der Waals surface area contributed by atoms with Crippen molar-refractivity contribution in [1.29, 1.82) is 5.41 Å². The summed E-state index contributed by atoms with van der Waals surface area (Å²) in [6.45, 7) is 5.00. The van der Waals surface area contributed by atoms with Crippen LogP contribution in [0.2, 0.25) is 0 Å². The number of aromatic hydroxyl groups is 1. The summed E-state index contributed by atoms with van der Waals surface area (Å²) in [5.41, 5.74) is 2.80. The van der Waals surface area contributed by atoms with Gasteiger partial charge in [-0.15, -0.1) is 0 Å². The molecule has 8 nitrogen and oxygen atoms in total. The number of carbonyl (C=O) groups excluding carboxylic acids is 2. The Bertz CT molecular complexity index is 1280. The molecule has 0 saturated carbocycles. The highest BCUT2D eigenvalue weighted by Crippen LogP contribution is 2.26. The van der Waals surface area contributed by atoms with E-state index < -0.39 is 11.5 Å². The molecule has 170 valence electrons. The van der Waals surface area contributed by atoms with E-state index in [0.29, 0.717) is 33.6 Å². The second-order valence-corrected chi connectivity index (χ2v) is 8.05. The second kappa shape index (κ2) is 9.60. The van der Waals surface area contributed by atoms with E-state index >= 15 is 0 Å². The molecule has 1 amide bonds. The van der Waals surface area contributed by atoms with Crippen LogP contribution in [0.1, 0.15) is 36.2 Å². The van der Waals surface area contributed by atoms with E-state index in [2.05, 4.69) is 9.97 Å². The molecule has 0 aliphatic heterocycles. The molecule has 1 aromatic heterocycles. The molecule has 3 rings (SSSR count). The third kappa shape index (κ3) is 5.41. The SMILES string of the molecule is CC(=O)N(C)C(C)CC(=N)C(=O)c1ccc(-c2cc(-c3ccc(O)c(C)c3)nc(=O)[nH]2)cc1. The van der Waals surface area contributed by atoms with Crippen molar-refractivity contribution in [3.05, 3.63) is 70.1 Å². The van der Waals surface area contributed by atoms with Gasteiger partial charge in [0.1, 0.15) is 5.75 Å². The first-order chi connectivity index (χ1) is 15.6. The Balaban J connectivity index is 1.82. The van der Waals surface area contributed by atoms with Crippen molar-refractivity contribution in [2.24, 2.45) is 0 Å². The summed E-state index contributed by atoms with van der Waals surface area (Å²) in [6, 6.07) is 13.1. The summed E-state index contributed by atoms with van der Waals surface area (Å²) in [4.78, 5) is 44.5. The molecule has 2 aromatic carbocycles. The number of aromatic amines is 1. The number of aromatic nitrogens is 2. The Morgan fingerprint density at radius 2 is 1.76 bits per heavy atom. The van der Waals surface area contributed by atoms with E-state index in [0.717, 1.165) is 0 Å². The van der Waals surface area contributed by atoms with Gasteiger partial charge in [0.15, 0.2) is 0 Å². The number of phenolic OH excluding ortho intramolecular Hbond substituents is 1. The number of amides is 1. The predicted molar refractivity (Wildman–Crippen MR) is 127 cm³/mol. The van der Waals surface area contributed by atoms with Gasteiger partial charge in [-0.1, -0.05) is 24.3 Å². The molecule has 1 atom stereocenters. The van der Waals surface area contributed by atoms with Gasteiger partial charge in [-0.3, -0.25) is 9.59 Å². The van der Waals surface area contributed by atoms with E-state index in [4.69, 9.17) is 5.41 Å². The number of hydrogen-bond donors (Lipinski definition) is 3. The lowest BCUT2D eigenvalue weighted by molar-refractivity contribution is -0.129. The first kappa shape index (κ1) is 23.6. The van der Waals surface area contributed by atoms with E-state index in [1.165, 1.54) is 11.8 Å². The number of aryl methyl sites for hydroxylation is 1. The lowest BCUT2D eigenvalue weighted by Crippen LogP contribution is -2.35. The van der Waals surface area contributed by atoms with Crippen molar-refractivity contribution >= 4 is 17.4 Å². The smallest absolute Gasteiger partial charge is 0.345 e. The fourth-order valence-corrected chi connectivity index (χ4v) is 3.39. The highest BCUT2D eigenvalue weighted by molar-refractivity contribution is 6.45. The average Bonchev–Trinajstić information content (AvgIpc) is 2.79. The van der Waals surface area contributed by atoms with E-state index in [9.17, 15) is 19.5 Å². The van der Waals surface area contributed by atoms with Crippen LogP contribution in [0.4, 0.5) is 0 Å². The first-order valence-corrected chi connectivity index (χ1v) is 10.4. The van der Waals surface area contributed by atoms with Gasteiger partial charge >= 0.3 is 5.69 Å². The number of H-pyrrole nitrogens is 1. The Hall–Kier alpha value is -4.07. The Kier molecular flexibility index (Phi) is 6.86. The molecule has 0 saturated heterocycles. The number of rotatable bonds is 7. The molecule has 0 bridgehead atoms. The van der Waals surface area contributed by atoms with Crippen molar-refractivity contribution in [3.63, 3.8) is 0 Å². The first-order valence-electron chi connectivity index (χ1n) is 10.4. The third-order valence-electron chi connectivity index (χ3n) is 5.63. The lowest BCUT2D eigenvalue weighted by Gasteiger charge is -2.23. The van der Waals surface area contributed by atoms with Gasteiger partial charge in [-0.25, -0.2) is 4.79 Å². The maximum absolute atomic E-state index is 12.7. The fourth-order valence-electron chi connectivity index (χ4n) is 3.39. The minimum absolute atomic E-state index is 0.0781. The molecule has 3 N–H and O–H groups in total. The number of nitrogens with zero attached hydrogens (tertiary/aromatic N) is 2. The summed E-state index contributed by atoms with van der Waals surface area (Å²) in [7, 11) is 1.64. The van der Waals surface area contributed by atoms with Crippen LogP contribution >= 0.6 is 0 Å². The van der Waals surface area contributed by atoms with Crippen molar-refractivity contribution in [2.45, 2.75) is 33.2 Å². The zero-order valence-corrected chi connectivity index (χ0v) is 19.0. The molecule has 0 aliphatic rings. The van der Waals surface area contributed by atoms with Gasteiger partial charge in [0.2, 0.25) is 11.7 Å². The molecule has 33 heavy (non-hydrogen) atoms. The zero-order chi connectivity index (χ0) is 24.3. The van der Waals surface area contributed by atoms with E-state index in [-0.39, 0.29) is 29.8 Å². The maximum atomic E-state index is 12.7. The molecule has 1 heterocycles. The number of benzene rings is 2. The van der Waals surface area contributed by atoms with Crippen molar-refractivity contribution in [2.75, 3.05) is 7.05 Å². The monoisotopic (exact) mass is 446 g/mol. The van der Waals surface area contributed by atoms with E-state index in [1.54, 1.807) is 69.4 Å². The summed E-state index contributed by atoms with van der Waals surface area (Å²) in [5, 5.41) is 17.9. The molecule has 8 heteroatoms. The van der Waals surface area contributed by atoms with Crippen LogP contribution in [-0.4, -0.2) is 50.5 Å². The van der Waals surface area contributed by atoms with Crippen LogP contribution in [0, 0.1) is 12.3 Å². The topological polar surface area (TPSA) is 127 Å². The van der Waals surface area contributed by atoms with Crippen LogP contribution in [0.25, 0.3) is 22.5 Å². The molecule has 0 aliphatic carbocycles. The van der Waals surface area contributed by atoms with Crippen molar-refractivity contribution in [1.82, 2.24) is 14.9 Å². The van der Waals surface area contributed by atoms with Crippen LogP contribution in [0.15, 0.2) is 53.3 Å². The average molecular weight is 447 g/mol. The normalized spacial score (nSPS) is 11.6. The van der Waals surface area contributed by atoms with Crippen LogP contribution in [-0.2, 0) is 4.79 Å². The molecule has 3 aromatic rings. The molecular formula is C25H26N4O4. The highest BCUT2D eigenvalue weighted by Gasteiger charge is 2.19. The lowest BCUT2D eigenvalue weighted by atomic mass is 9.99. The molecule has 1 unspecified atom stereocenters. The number of phenols is 1. The standard InChI is InChI=1S/C25H26N4O4/c1-14-11-19(9-10-23(14)31)22-13-21(27-25(33)28-22)17-5-7-18(8-6-17)24(32)20(26)12-15(2)29(4)16(3)30/h5-11,13,15,26,31H,12H2,1-4H3,(H,27,28,33). The van der Waals surface area contributed by atoms with Gasteiger partial charge in [0.25, 0.3) is 0 Å². The van der Waals surface area contributed by atoms with Crippen LogP contribution in [0.3, 0.4) is 0 Å². The number of ketones is 1. The summed E-state index contributed by atoms with van der Waals surface area (Å²) in [6.07, 6.45) is 0.156. The van der Waals surface area contributed by atoms with Crippen LogP contribution in [0.5, 0.6) is 5.75 Å². The highest BCUT2D eigenvalue weighted by atomic mass is 16.3. The summed E-state index contributed by atoms with van der Waals surface area (Å²) >= 11 is 0. The Labute approximate surface area is 191 Å². The third-order valence-corrected chi connectivity index (χ3v) is 5.63. The van der Waals surface area contributed by atoms with Gasteiger partial charge in [-0.2, -0.15) is 4.98 Å². The summed E-state index contributed by atoms with van der Waals surface area (Å²) in [5.74, 6) is -0.369. The minimum Gasteiger partial charge on any atom is -0.508 e. The fraction of sp³-hybridized carbons (Fsp3) is 0.240. The maximum Gasteiger partial charge on any atom is 0.345 e. The van der Waals surface area contributed by atoms with Gasteiger partial charge in [0.05, 0.1) is 17.1 Å².